The van der Waals surface area contributed by atoms with E-state index in [-0.39, 0.29) is 42.1 Å². The van der Waals surface area contributed by atoms with Gasteiger partial charge in [0.2, 0.25) is 5.91 Å². The summed E-state index contributed by atoms with van der Waals surface area (Å²) < 4.78 is 23.0. The Labute approximate surface area is 222 Å². The van der Waals surface area contributed by atoms with Gasteiger partial charge in [-0.2, -0.15) is 0 Å². The Kier molecular flexibility index (Phi) is 9.08. The number of likely N-dealkylation sites (tertiary alicyclic amines) is 1. The standard InChI is InChI=1S/C29H41NO6Si/c1-20(36-37(7,8)29(2,3)4)27-24(17-26(31)35-19-21-12-10-9-11-13-21)30(28(27)32)18-22-14-15-23(33-5)16-25(22)34-6/h9-16,20,24,27H,17-19H2,1-8H3/t20-,24-,27-/m1/s1. The van der Waals surface area contributed by atoms with Crippen molar-refractivity contribution in [1.82, 2.24) is 4.90 Å². The molecule has 3 atom stereocenters. The molecule has 1 fully saturated rings. The first-order valence-corrected chi connectivity index (χ1v) is 15.7. The molecule has 0 saturated carbocycles. The summed E-state index contributed by atoms with van der Waals surface area (Å²) in [5.74, 6) is 0.530. The maximum Gasteiger partial charge on any atom is 0.308 e. The number of amides is 1. The lowest BCUT2D eigenvalue weighted by molar-refractivity contribution is -0.169. The van der Waals surface area contributed by atoms with Gasteiger partial charge < -0.3 is 23.5 Å². The highest BCUT2D eigenvalue weighted by molar-refractivity contribution is 6.74. The number of hydrogen-bond donors (Lipinski definition) is 0. The van der Waals surface area contributed by atoms with Gasteiger partial charge in [-0.25, -0.2) is 0 Å². The van der Waals surface area contributed by atoms with Crippen LogP contribution in [0, 0.1) is 5.92 Å². The van der Waals surface area contributed by atoms with Crippen LogP contribution >= 0.6 is 0 Å². The smallest absolute Gasteiger partial charge is 0.308 e. The van der Waals surface area contributed by atoms with Crippen LogP contribution in [0.5, 0.6) is 11.5 Å². The largest absolute Gasteiger partial charge is 0.497 e. The molecule has 1 aliphatic heterocycles. The van der Waals surface area contributed by atoms with E-state index in [1.807, 2.05) is 49.4 Å². The highest BCUT2D eigenvalue weighted by Crippen LogP contribution is 2.42. The fourth-order valence-electron chi connectivity index (χ4n) is 4.43. The summed E-state index contributed by atoms with van der Waals surface area (Å²) in [5, 5.41) is 0.00825. The zero-order chi connectivity index (χ0) is 27.4. The normalized spacial score (nSPS) is 18.7. The lowest BCUT2D eigenvalue weighted by Gasteiger charge is -2.51. The van der Waals surface area contributed by atoms with Gasteiger partial charge in [0.25, 0.3) is 0 Å². The number of ether oxygens (including phenoxy) is 3. The highest BCUT2D eigenvalue weighted by Gasteiger charge is 2.53. The first-order valence-electron chi connectivity index (χ1n) is 12.8. The number of methoxy groups -OCH3 is 2. The minimum Gasteiger partial charge on any atom is -0.497 e. The molecule has 1 heterocycles. The van der Waals surface area contributed by atoms with Crippen molar-refractivity contribution in [3.63, 3.8) is 0 Å². The monoisotopic (exact) mass is 527 g/mol. The van der Waals surface area contributed by atoms with Crippen molar-refractivity contribution in [2.45, 2.75) is 77.5 Å². The Bertz CT molecular complexity index is 1080. The molecular formula is C29H41NO6Si. The minimum atomic E-state index is -2.11. The number of hydrogen-bond acceptors (Lipinski definition) is 6. The van der Waals surface area contributed by atoms with E-state index < -0.39 is 14.2 Å². The van der Waals surface area contributed by atoms with E-state index in [0.29, 0.717) is 18.0 Å². The van der Waals surface area contributed by atoms with Gasteiger partial charge in [0.05, 0.1) is 38.7 Å². The van der Waals surface area contributed by atoms with E-state index in [9.17, 15) is 9.59 Å². The van der Waals surface area contributed by atoms with Gasteiger partial charge in [-0.1, -0.05) is 51.1 Å². The van der Waals surface area contributed by atoms with Crippen molar-refractivity contribution in [2.24, 2.45) is 5.92 Å². The van der Waals surface area contributed by atoms with Gasteiger partial charge in [0, 0.05) is 18.2 Å². The molecule has 0 N–H and O–H groups in total. The van der Waals surface area contributed by atoms with Crippen molar-refractivity contribution in [1.29, 1.82) is 0 Å². The average molecular weight is 528 g/mol. The fourth-order valence-corrected chi connectivity index (χ4v) is 5.86. The van der Waals surface area contributed by atoms with Crippen molar-refractivity contribution in [3.05, 3.63) is 59.7 Å². The van der Waals surface area contributed by atoms with Crippen LogP contribution in [0.4, 0.5) is 0 Å². The maximum atomic E-state index is 13.5. The molecule has 0 radical (unpaired) electrons. The van der Waals surface area contributed by atoms with Crippen molar-refractivity contribution in [2.75, 3.05) is 14.2 Å². The average Bonchev–Trinajstić information content (AvgIpc) is 2.85. The molecule has 37 heavy (non-hydrogen) atoms. The molecule has 0 aliphatic carbocycles. The van der Waals surface area contributed by atoms with E-state index in [0.717, 1.165) is 11.1 Å². The Morgan fingerprint density at radius 3 is 2.32 bits per heavy atom. The molecule has 3 rings (SSSR count). The molecule has 0 spiro atoms. The third-order valence-corrected chi connectivity index (χ3v) is 12.2. The van der Waals surface area contributed by atoms with Crippen LogP contribution in [0.25, 0.3) is 0 Å². The Hall–Kier alpha value is -2.84. The molecule has 7 nitrogen and oxygen atoms in total. The summed E-state index contributed by atoms with van der Waals surface area (Å²) in [4.78, 5) is 28.1. The number of carbonyl (C=O) groups is 2. The van der Waals surface area contributed by atoms with E-state index in [1.165, 1.54) is 0 Å². The van der Waals surface area contributed by atoms with Crippen LogP contribution in [0.2, 0.25) is 18.1 Å². The van der Waals surface area contributed by atoms with Crippen LogP contribution in [0.3, 0.4) is 0 Å². The van der Waals surface area contributed by atoms with E-state index in [4.69, 9.17) is 18.6 Å². The van der Waals surface area contributed by atoms with Gasteiger partial charge in [-0.15, -0.1) is 0 Å². The summed E-state index contributed by atoms with van der Waals surface area (Å²) in [5.41, 5.74) is 1.77. The van der Waals surface area contributed by atoms with Gasteiger partial charge in [0.1, 0.15) is 18.1 Å². The van der Waals surface area contributed by atoms with Gasteiger partial charge >= 0.3 is 5.97 Å². The van der Waals surface area contributed by atoms with Crippen molar-refractivity contribution in [3.8, 4) is 11.5 Å². The van der Waals surface area contributed by atoms with E-state index >= 15 is 0 Å². The van der Waals surface area contributed by atoms with Crippen LogP contribution < -0.4 is 9.47 Å². The zero-order valence-electron chi connectivity index (χ0n) is 23.4. The number of esters is 1. The second-order valence-corrected chi connectivity index (χ2v) is 15.9. The second kappa shape index (κ2) is 11.7. The SMILES string of the molecule is COc1ccc(CN2C(=O)[C@H]([C@@H](C)O[Si](C)(C)C(C)(C)C)[C@H]2CC(=O)OCc2ccccc2)c(OC)c1. The summed E-state index contributed by atoms with van der Waals surface area (Å²) in [6, 6.07) is 14.8. The summed E-state index contributed by atoms with van der Waals surface area (Å²) in [6.45, 7) is 13.4. The molecule has 0 bridgehead atoms. The quantitative estimate of drug-likeness (QED) is 0.216. The number of rotatable bonds is 11. The molecule has 1 aliphatic rings. The zero-order valence-corrected chi connectivity index (χ0v) is 24.4. The van der Waals surface area contributed by atoms with Crippen LogP contribution in [-0.2, 0) is 31.9 Å². The molecule has 2 aromatic rings. The van der Waals surface area contributed by atoms with Crippen LogP contribution in [0.1, 0.15) is 45.2 Å². The second-order valence-electron chi connectivity index (χ2n) is 11.2. The topological polar surface area (TPSA) is 74.3 Å². The fraction of sp³-hybridized carbons (Fsp3) is 0.517. The minimum absolute atomic E-state index is 0.00825. The molecule has 0 unspecified atom stereocenters. The number of β-lactam (4-membered cyclic amide) rings is 1. The molecular weight excluding hydrogens is 486 g/mol. The summed E-state index contributed by atoms with van der Waals surface area (Å²) in [6.07, 6.45) is -0.207. The lowest BCUT2D eigenvalue weighted by Crippen LogP contribution is -2.65. The van der Waals surface area contributed by atoms with Crippen LogP contribution in [0.15, 0.2) is 48.5 Å². The molecule has 202 valence electrons. The van der Waals surface area contributed by atoms with Gasteiger partial charge in [-0.3, -0.25) is 9.59 Å². The molecule has 0 aromatic heterocycles. The molecule has 2 aromatic carbocycles. The van der Waals surface area contributed by atoms with Crippen molar-refractivity contribution < 1.29 is 28.2 Å². The third kappa shape index (κ3) is 6.73. The Morgan fingerprint density at radius 1 is 1.05 bits per heavy atom. The lowest BCUT2D eigenvalue weighted by atomic mass is 9.81. The maximum absolute atomic E-state index is 13.5. The first-order chi connectivity index (χ1) is 17.4. The molecule has 1 saturated heterocycles. The van der Waals surface area contributed by atoms with E-state index in [2.05, 4.69) is 33.9 Å². The number of benzene rings is 2. The first kappa shape index (κ1) is 28.7. The number of carbonyl (C=O) groups excluding carboxylic acids is 2. The predicted molar refractivity (Wildman–Crippen MR) is 146 cm³/mol. The predicted octanol–water partition coefficient (Wildman–Crippen LogP) is 5.57. The Balaban J connectivity index is 1.79. The molecule has 1 amide bonds. The molecule has 8 heteroatoms. The van der Waals surface area contributed by atoms with E-state index in [1.54, 1.807) is 25.2 Å². The third-order valence-electron chi connectivity index (χ3n) is 7.63. The van der Waals surface area contributed by atoms with Crippen LogP contribution in [-0.4, -0.2) is 51.5 Å². The summed E-state index contributed by atoms with van der Waals surface area (Å²) in [7, 11) is 1.07. The van der Waals surface area contributed by atoms with Crippen molar-refractivity contribution >= 4 is 20.2 Å². The highest BCUT2D eigenvalue weighted by atomic mass is 28.4. The number of nitrogens with zero attached hydrogens (tertiary/aromatic N) is 1. The van der Waals surface area contributed by atoms with Gasteiger partial charge in [0.15, 0.2) is 8.32 Å². The van der Waals surface area contributed by atoms with Gasteiger partial charge in [-0.05, 0) is 42.8 Å². The Morgan fingerprint density at radius 2 is 1.73 bits per heavy atom. The summed E-state index contributed by atoms with van der Waals surface area (Å²) >= 11 is 0.